The van der Waals surface area contributed by atoms with Crippen LogP contribution < -0.4 is 5.32 Å². The second-order valence-corrected chi connectivity index (χ2v) is 6.32. The Morgan fingerprint density at radius 3 is 2.81 bits per heavy atom. The molecule has 0 radical (unpaired) electrons. The largest absolute Gasteiger partial charge is 0.313 e. The fourth-order valence-corrected chi connectivity index (χ4v) is 2.80. The van der Waals surface area contributed by atoms with Gasteiger partial charge in [0.2, 0.25) is 0 Å². The summed E-state index contributed by atoms with van der Waals surface area (Å²) in [5.41, 5.74) is 0.886. The Balaban J connectivity index is 2.23. The van der Waals surface area contributed by atoms with E-state index in [4.69, 9.17) is 0 Å². The maximum Gasteiger partial charge on any atom is 0.138 e. The molecule has 1 heterocycles. The van der Waals surface area contributed by atoms with E-state index in [0.29, 0.717) is 12.3 Å². The molecule has 114 valence electrons. The highest BCUT2D eigenvalue weighted by atomic mass is 79.9. The van der Waals surface area contributed by atoms with Crippen LogP contribution in [0.3, 0.4) is 0 Å². The molecule has 1 N–H and O–H groups in total. The Labute approximate surface area is 132 Å². The summed E-state index contributed by atoms with van der Waals surface area (Å²) in [7, 11) is 1.87. The molecule has 0 saturated carbocycles. The van der Waals surface area contributed by atoms with E-state index in [1.807, 2.05) is 11.7 Å². The predicted octanol–water partition coefficient (Wildman–Crippen LogP) is 3.34. The maximum atomic E-state index is 13.5. The second-order valence-electron chi connectivity index (χ2n) is 5.46. The lowest BCUT2D eigenvalue weighted by Crippen LogP contribution is -2.22. The van der Waals surface area contributed by atoms with E-state index in [1.165, 1.54) is 6.07 Å². The lowest BCUT2D eigenvalue weighted by Gasteiger charge is -2.18. The van der Waals surface area contributed by atoms with Gasteiger partial charge in [0.05, 0.1) is 0 Å². The van der Waals surface area contributed by atoms with Crippen molar-refractivity contribution in [2.45, 2.75) is 32.9 Å². The molecule has 1 aromatic heterocycles. The van der Waals surface area contributed by atoms with Crippen LogP contribution in [-0.2, 0) is 13.0 Å². The summed E-state index contributed by atoms with van der Waals surface area (Å²) < 4.78 is 16.3. The van der Waals surface area contributed by atoms with E-state index >= 15 is 0 Å². The first-order valence-electron chi connectivity index (χ1n) is 7.00. The Morgan fingerprint density at radius 2 is 2.14 bits per heavy atom. The minimum absolute atomic E-state index is 0.0230. The van der Waals surface area contributed by atoms with Gasteiger partial charge in [-0.25, -0.2) is 14.1 Å². The summed E-state index contributed by atoms with van der Waals surface area (Å²) in [6.07, 6.45) is 2.23. The maximum absolute atomic E-state index is 13.5. The molecular weight excluding hydrogens is 335 g/mol. The van der Waals surface area contributed by atoms with Crippen LogP contribution >= 0.6 is 15.9 Å². The molecule has 2 rings (SSSR count). The van der Waals surface area contributed by atoms with Gasteiger partial charge in [0.15, 0.2) is 0 Å². The first-order chi connectivity index (χ1) is 10.0. The smallest absolute Gasteiger partial charge is 0.138 e. The molecule has 0 aliphatic carbocycles. The predicted molar refractivity (Wildman–Crippen MR) is 84.5 cm³/mol. The SMILES string of the molecule is CNC(Cc1ncnn1CC(C)C)c1cc(F)ccc1Br. The zero-order chi connectivity index (χ0) is 15.4. The average molecular weight is 355 g/mol. The Kier molecular flexibility index (Phi) is 5.47. The van der Waals surface area contributed by atoms with Gasteiger partial charge in [-0.3, -0.25) is 0 Å². The molecule has 0 aliphatic rings. The van der Waals surface area contributed by atoms with E-state index in [-0.39, 0.29) is 11.9 Å². The summed E-state index contributed by atoms with van der Waals surface area (Å²) >= 11 is 3.49. The molecule has 0 bridgehead atoms. The molecule has 0 fully saturated rings. The molecule has 4 nitrogen and oxygen atoms in total. The quantitative estimate of drug-likeness (QED) is 0.864. The molecule has 2 aromatic rings. The van der Waals surface area contributed by atoms with Gasteiger partial charge in [-0.15, -0.1) is 0 Å². The van der Waals surface area contributed by atoms with Crippen LogP contribution in [0.25, 0.3) is 0 Å². The molecule has 1 aromatic carbocycles. The first-order valence-corrected chi connectivity index (χ1v) is 7.79. The second kappa shape index (κ2) is 7.13. The van der Waals surface area contributed by atoms with Crippen molar-refractivity contribution in [2.75, 3.05) is 7.05 Å². The van der Waals surface area contributed by atoms with Gasteiger partial charge in [0.25, 0.3) is 0 Å². The number of hydrogen-bond acceptors (Lipinski definition) is 3. The number of benzene rings is 1. The molecule has 6 heteroatoms. The number of nitrogens with one attached hydrogen (secondary N) is 1. The van der Waals surface area contributed by atoms with Gasteiger partial charge < -0.3 is 5.32 Å². The molecule has 1 atom stereocenters. The highest BCUT2D eigenvalue weighted by molar-refractivity contribution is 9.10. The fourth-order valence-electron chi connectivity index (χ4n) is 2.28. The standard InChI is InChI=1S/C15H20BrFN4/c1-10(2)8-21-15(19-9-20-21)7-14(18-3)12-6-11(17)4-5-13(12)16/h4-6,9-10,14,18H,7-8H2,1-3H3. The van der Waals surface area contributed by atoms with Gasteiger partial charge in [0, 0.05) is 23.5 Å². The van der Waals surface area contributed by atoms with Gasteiger partial charge in [-0.2, -0.15) is 5.10 Å². The summed E-state index contributed by atoms with van der Waals surface area (Å²) in [4.78, 5) is 4.34. The normalized spacial score (nSPS) is 12.9. The third kappa shape index (κ3) is 4.11. The van der Waals surface area contributed by atoms with Crippen LogP contribution in [-0.4, -0.2) is 21.8 Å². The summed E-state index contributed by atoms with van der Waals surface area (Å²) in [6.45, 7) is 5.12. The number of hydrogen-bond donors (Lipinski definition) is 1. The average Bonchev–Trinajstić information content (AvgIpc) is 2.85. The topological polar surface area (TPSA) is 42.7 Å². The summed E-state index contributed by atoms with van der Waals surface area (Å²) in [5, 5.41) is 7.50. The Bertz CT molecular complexity index is 597. The van der Waals surface area contributed by atoms with E-state index in [2.05, 4.69) is 45.2 Å². The van der Waals surface area contributed by atoms with Crippen LogP contribution in [0.1, 0.15) is 31.3 Å². The molecule has 0 spiro atoms. The summed E-state index contributed by atoms with van der Waals surface area (Å²) in [6, 6.07) is 4.70. The highest BCUT2D eigenvalue weighted by Crippen LogP contribution is 2.26. The van der Waals surface area contributed by atoms with Gasteiger partial charge in [-0.05, 0) is 36.7 Å². The Hall–Kier alpha value is -1.27. The van der Waals surface area contributed by atoms with Crippen LogP contribution in [0, 0.1) is 11.7 Å². The van der Waals surface area contributed by atoms with E-state index in [0.717, 1.165) is 22.4 Å². The van der Waals surface area contributed by atoms with Crippen molar-refractivity contribution in [2.24, 2.45) is 5.92 Å². The zero-order valence-electron chi connectivity index (χ0n) is 12.5. The van der Waals surface area contributed by atoms with Gasteiger partial charge >= 0.3 is 0 Å². The van der Waals surface area contributed by atoms with E-state index in [1.54, 1.807) is 18.5 Å². The van der Waals surface area contributed by atoms with Crippen LogP contribution in [0.5, 0.6) is 0 Å². The van der Waals surface area contributed by atoms with Crippen LogP contribution in [0.4, 0.5) is 4.39 Å². The number of likely N-dealkylation sites (N-methyl/N-ethyl adjacent to an activating group) is 1. The number of halogens is 2. The third-order valence-electron chi connectivity index (χ3n) is 3.30. The lowest BCUT2D eigenvalue weighted by atomic mass is 10.0. The number of nitrogens with zero attached hydrogens (tertiary/aromatic N) is 3. The molecule has 0 saturated heterocycles. The van der Waals surface area contributed by atoms with Crippen molar-refractivity contribution in [3.63, 3.8) is 0 Å². The van der Waals surface area contributed by atoms with Crippen molar-refractivity contribution in [3.05, 3.63) is 46.2 Å². The Morgan fingerprint density at radius 1 is 1.38 bits per heavy atom. The molecular formula is C15H20BrFN4. The van der Waals surface area contributed by atoms with Crippen molar-refractivity contribution in [1.82, 2.24) is 20.1 Å². The minimum atomic E-state index is -0.239. The molecule has 0 amide bonds. The van der Waals surface area contributed by atoms with Crippen molar-refractivity contribution >= 4 is 15.9 Å². The highest BCUT2D eigenvalue weighted by Gasteiger charge is 2.17. The molecule has 0 aliphatic heterocycles. The number of aromatic nitrogens is 3. The monoisotopic (exact) mass is 354 g/mol. The van der Waals surface area contributed by atoms with Crippen molar-refractivity contribution < 1.29 is 4.39 Å². The molecule has 21 heavy (non-hydrogen) atoms. The van der Waals surface area contributed by atoms with Crippen LogP contribution in [0.2, 0.25) is 0 Å². The fraction of sp³-hybridized carbons (Fsp3) is 0.467. The van der Waals surface area contributed by atoms with E-state index < -0.39 is 0 Å². The third-order valence-corrected chi connectivity index (χ3v) is 4.02. The van der Waals surface area contributed by atoms with Crippen molar-refractivity contribution in [3.8, 4) is 0 Å². The van der Waals surface area contributed by atoms with Gasteiger partial charge in [0.1, 0.15) is 18.0 Å². The van der Waals surface area contributed by atoms with Crippen LogP contribution in [0.15, 0.2) is 29.0 Å². The van der Waals surface area contributed by atoms with Gasteiger partial charge in [-0.1, -0.05) is 29.8 Å². The summed E-state index contributed by atoms with van der Waals surface area (Å²) in [5.74, 6) is 1.16. The zero-order valence-corrected chi connectivity index (χ0v) is 14.1. The minimum Gasteiger partial charge on any atom is -0.313 e. The number of rotatable bonds is 6. The lowest BCUT2D eigenvalue weighted by molar-refractivity contribution is 0.451. The first kappa shape index (κ1) is 16.1. The molecule has 1 unspecified atom stereocenters. The van der Waals surface area contributed by atoms with E-state index in [9.17, 15) is 4.39 Å². The van der Waals surface area contributed by atoms with Crippen molar-refractivity contribution in [1.29, 1.82) is 0 Å².